The Labute approximate surface area is 618 Å². The Morgan fingerprint density at radius 2 is 0.954 bits per heavy atom. The number of nitrogens with zero attached hydrogens (tertiary/aromatic N) is 6. The number of carboxylic acid groups (broad SMARTS) is 1. The van der Waals surface area contributed by atoms with Crippen LogP contribution in [0.2, 0.25) is 0 Å². The summed E-state index contributed by atoms with van der Waals surface area (Å²) in [7, 11) is -3.91. The first-order chi connectivity index (χ1) is 51.8. The number of allylic oxidation sites excluding steroid dienone is 4. The van der Waals surface area contributed by atoms with Crippen LogP contribution in [0.5, 0.6) is 23.3 Å². The van der Waals surface area contributed by atoms with E-state index in [2.05, 4.69) is 15.4 Å². The van der Waals surface area contributed by atoms with Crippen LogP contribution in [0.25, 0.3) is 44.6 Å². The second-order valence-electron chi connectivity index (χ2n) is 29.4. The summed E-state index contributed by atoms with van der Waals surface area (Å²) < 4.78 is 122. The number of cyclic esters (lactones) is 2. The number of amides is 5. The van der Waals surface area contributed by atoms with Crippen molar-refractivity contribution >= 4 is 79.5 Å². The molecular formula is C77H81F4N9O17S. The number of para-hydroxylation sites is 4. The fourth-order valence-corrected chi connectivity index (χ4v) is 16.5. The lowest BCUT2D eigenvalue weighted by Gasteiger charge is -2.29. The van der Waals surface area contributed by atoms with Gasteiger partial charge in [0, 0.05) is 36.8 Å². The zero-order chi connectivity index (χ0) is 75.7. The highest BCUT2D eigenvalue weighted by Crippen LogP contribution is 2.58. The summed E-state index contributed by atoms with van der Waals surface area (Å²) in [6.07, 6.45) is 9.74. The number of hydrogen-bond donors (Lipinski definition) is 4. The summed E-state index contributed by atoms with van der Waals surface area (Å²) in [5.74, 6) is -11.5. The van der Waals surface area contributed by atoms with Gasteiger partial charge >= 0.3 is 30.0 Å². The molecule has 6 aromatic rings. The smallest absolute Gasteiger partial charge is 0.408 e. The summed E-state index contributed by atoms with van der Waals surface area (Å²) in [6.45, 7) is -5.04. The number of alkyl halides is 4. The zero-order valence-corrected chi connectivity index (χ0v) is 59.6. The minimum atomic E-state index is -3.91. The van der Waals surface area contributed by atoms with Crippen molar-refractivity contribution in [3.05, 3.63) is 121 Å². The molecule has 8 heterocycles. The normalized spacial score (nSPS) is 28.9. The van der Waals surface area contributed by atoms with Crippen LogP contribution < -0.4 is 34.3 Å². The number of halogens is 4. The average molecular weight is 1510 g/mol. The second kappa shape index (κ2) is 30.7. The van der Waals surface area contributed by atoms with Gasteiger partial charge in [-0.1, -0.05) is 98.5 Å². The van der Waals surface area contributed by atoms with Crippen LogP contribution in [0.4, 0.5) is 27.2 Å². The van der Waals surface area contributed by atoms with E-state index in [-0.39, 0.29) is 92.9 Å². The molecule has 3 aliphatic carbocycles. The number of fused-ring (bicyclic) bond motifs is 16. The van der Waals surface area contributed by atoms with E-state index in [1.54, 1.807) is 72.8 Å². The van der Waals surface area contributed by atoms with Crippen LogP contribution in [0.1, 0.15) is 116 Å². The van der Waals surface area contributed by atoms with E-state index in [0.29, 0.717) is 103 Å². The lowest BCUT2D eigenvalue weighted by Crippen LogP contribution is -2.52. The molecule has 10 bridgehead atoms. The predicted molar refractivity (Wildman–Crippen MR) is 379 cm³/mol. The molecule has 26 nitrogen and oxygen atoms in total. The van der Waals surface area contributed by atoms with Crippen molar-refractivity contribution in [3.8, 4) is 45.8 Å². The summed E-state index contributed by atoms with van der Waals surface area (Å²) in [6, 6.07) is 22.1. The Bertz CT molecular complexity index is 4700. The fourth-order valence-electron chi connectivity index (χ4n) is 15.1. The van der Waals surface area contributed by atoms with Gasteiger partial charge in [0.15, 0.2) is 38.0 Å². The van der Waals surface area contributed by atoms with E-state index in [0.717, 1.165) is 6.42 Å². The van der Waals surface area contributed by atoms with Gasteiger partial charge in [-0.05, 0) is 125 Å². The van der Waals surface area contributed by atoms with Crippen LogP contribution in [-0.2, 0) is 48.3 Å². The quantitative estimate of drug-likeness (QED) is 0.0941. The Hall–Kier alpha value is -10.3. The van der Waals surface area contributed by atoms with Crippen molar-refractivity contribution in [2.75, 3.05) is 39.5 Å². The maximum absolute atomic E-state index is 15.0. The lowest BCUT2D eigenvalue weighted by atomic mass is 9.91. The molecule has 4 aromatic carbocycles. The molecule has 3 saturated carbocycles. The molecular weight excluding hydrogens is 1430 g/mol. The van der Waals surface area contributed by atoms with E-state index in [1.165, 1.54) is 34.1 Å². The molecule has 0 unspecified atom stereocenters. The third-order valence-electron chi connectivity index (χ3n) is 21.4. The number of hydrogen-bond acceptors (Lipinski definition) is 20. The predicted octanol–water partition coefficient (Wildman–Crippen LogP) is 10.2. The van der Waals surface area contributed by atoms with Gasteiger partial charge in [0.25, 0.3) is 0 Å². The fraction of sp³-hybridized carbons (Fsp3) is 0.481. The molecule has 15 rings (SSSR count). The van der Waals surface area contributed by atoms with E-state index in [4.69, 9.17) is 48.4 Å². The third-order valence-corrected chi connectivity index (χ3v) is 23.2. The molecule has 4 N–H and O–H groups in total. The number of ether oxygens (including phenoxy) is 6. The number of carbonyl (C=O) groups excluding carboxylic acids is 7. The number of aliphatic carboxylic acids is 1. The summed E-state index contributed by atoms with van der Waals surface area (Å²) in [4.78, 5) is 131. The number of nitrogens with one attached hydrogen (secondary N) is 3. The van der Waals surface area contributed by atoms with Crippen molar-refractivity contribution in [3.63, 3.8) is 0 Å². The van der Waals surface area contributed by atoms with Gasteiger partial charge in [0.1, 0.15) is 47.2 Å². The molecule has 0 spiro atoms. The first-order valence-electron chi connectivity index (χ1n) is 36.6. The highest BCUT2D eigenvalue weighted by molar-refractivity contribution is 7.91. The van der Waals surface area contributed by atoms with Crippen LogP contribution in [0.15, 0.2) is 121 Å². The van der Waals surface area contributed by atoms with Crippen LogP contribution >= 0.6 is 0 Å². The standard InChI is InChI=1S/C40H43F2N5O9S.C37H38F2N4O8/c41-40(42)22-54-26-11-8-9-24(17-26)34-35(44-30-13-7-6-12-29(30)43-34)56-27-18-32-33(48)20-39(37(50)46-57(52,53)28-15-16-28)19-25(39)10-4-2-1-3-5-14-31(36(49)47(32)21-27)45-38(51)55-23-40;38-37(39)20-49-24-11-8-9-22(15-24)31-32(41-27-13-7-6-12-26(27)40-31)51-25-16-29-30(44)18-36(34(46)47)17-23(36)10-4-2-1-3-5-14-28(33(45)43(29)19-25)42-35(48)50-21-37/h4,6-13,17,25,27-28,31-32H,1-3,5,14-16,18-23H2,(H,45,51)(H,46,50);4,6-13,15,23,25,28-29H,1-3,5,14,16-21H2,(H,42,48)(H,46,47)/b2*10-4-/t25-,27-,31+,32+,39-;23-,25-,28+,29+,36-/m11/s1. The van der Waals surface area contributed by atoms with Crippen molar-refractivity contribution in [2.24, 2.45) is 22.7 Å². The van der Waals surface area contributed by atoms with Gasteiger partial charge in [-0.2, -0.15) is 17.6 Å². The van der Waals surface area contributed by atoms with Gasteiger partial charge in [-0.3, -0.25) is 33.5 Å². The van der Waals surface area contributed by atoms with Crippen molar-refractivity contribution < 1.29 is 97.9 Å². The molecule has 5 amide bonds. The maximum atomic E-state index is 15.0. The van der Waals surface area contributed by atoms with Crippen LogP contribution in [0.3, 0.4) is 0 Å². The second-order valence-corrected chi connectivity index (χ2v) is 31.4. The molecule has 31 heteroatoms. The lowest BCUT2D eigenvalue weighted by molar-refractivity contribution is -0.147. The van der Waals surface area contributed by atoms with E-state index < -0.39 is 154 Å². The Morgan fingerprint density at radius 3 is 1.41 bits per heavy atom. The Kier molecular flexibility index (Phi) is 21.2. The van der Waals surface area contributed by atoms with Crippen molar-refractivity contribution in [1.29, 1.82) is 0 Å². The number of alkyl carbamates (subject to hydrolysis) is 2. The molecule has 570 valence electrons. The number of aromatic nitrogens is 4. The summed E-state index contributed by atoms with van der Waals surface area (Å²) in [5.41, 5.74) is 0.922. The summed E-state index contributed by atoms with van der Waals surface area (Å²) in [5, 5.41) is 14.5. The first kappa shape index (κ1) is 74.5. The molecule has 2 saturated heterocycles. The molecule has 108 heavy (non-hydrogen) atoms. The van der Waals surface area contributed by atoms with Gasteiger partial charge in [0.05, 0.1) is 63.3 Å². The number of ketones is 2. The van der Waals surface area contributed by atoms with E-state index >= 15 is 8.78 Å². The largest absolute Gasteiger partial charge is 0.487 e. The minimum absolute atomic E-state index is 0.0242. The third kappa shape index (κ3) is 16.8. The number of carbonyl (C=O) groups is 8. The monoisotopic (exact) mass is 1510 g/mol. The molecule has 2 aromatic heterocycles. The first-order valence-corrected chi connectivity index (χ1v) is 38.1. The minimum Gasteiger partial charge on any atom is -0.487 e. The SMILES string of the molecule is O=C1N[C@H]2CCCCC/C=C\[C@@H]3C[C@@]3(C(=O)NS(=O)(=O)C3CC3)CC(=O)[C@@H]3C[C@H](CN3C2=O)Oc2nc3ccccc3nc2-c2cccc(c2)OCC(F)(F)CO1.O=C1N[C@H]2CCCCC/C=C\[C@@H]3C[C@@]3(C(=O)O)CC(=O)[C@@H]3C[C@H](CN3C2=O)Oc2nc3ccccc3nc2-c2cccc(c2)OCC(F)(F)CO1. The highest BCUT2D eigenvalue weighted by atomic mass is 32.2. The number of Topliss-reactive ketones (excluding diaryl/α,β-unsaturated/α-hetero) is 2. The number of sulfonamides is 1. The van der Waals surface area contributed by atoms with Crippen LogP contribution in [-0.4, -0.2) is 184 Å². The van der Waals surface area contributed by atoms with Crippen LogP contribution in [0, 0.1) is 22.7 Å². The van der Waals surface area contributed by atoms with Crippen molar-refractivity contribution in [1.82, 2.24) is 45.1 Å². The van der Waals surface area contributed by atoms with Gasteiger partial charge in [-0.25, -0.2) is 37.9 Å². The number of benzene rings is 4. The topological polar surface area (TPSA) is 340 Å². The highest BCUT2D eigenvalue weighted by Gasteiger charge is 2.63. The number of carboxylic acids is 1. The summed E-state index contributed by atoms with van der Waals surface area (Å²) >= 11 is 0. The molecule has 10 atom stereocenters. The van der Waals surface area contributed by atoms with E-state index in [1.807, 2.05) is 24.3 Å². The Morgan fingerprint density at radius 1 is 0.528 bits per heavy atom. The Balaban J connectivity index is 0.000000182. The number of rotatable bonds is 4. The van der Waals surface area contributed by atoms with Gasteiger partial charge in [0.2, 0.25) is 39.5 Å². The molecule has 6 aliphatic heterocycles. The van der Waals surface area contributed by atoms with Gasteiger partial charge in [-0.15, -0.1) is 0 Å². The van der Waals surface area contributed by atoms with Crippen molar-refractivity contribution in [2.45, 2.75) is 169 Å². The molecule has 5 fully saturated rings. The van der Waals surface area contributed by atoms with Gasteiger partial charge < -0.3 is 54.0 Å². The molecule has 9 aliphatic rings. The van der Waals surface area contributed by atoms with E-state index in [9.17, 15) is 60.7 Å². The molecule has 0 radical (unpaired) electrons. The maximum Gasteiger partial charge on any atom is 0.408 e. The average Bonchev–Trinajstić information content (AvgIpc) is 1.58. The zero-order valence-electron chi connectivity index (χ0n) is 58.8.